The van der Waals surface area contributed by atoms with Crippen LogP contribution in [-0.2, 0) is 14.6 Å². The molecule has 20 heavy (non-hydrogen) atoms. The van der Waals surface area contributed by atoms with Gasteiger partial charge in [-0.05, 0) is 38.0 Å². The first-order chi connectivity index (χ1) is 9.34. The van der Waals surface area contributed by atoms with Crippen molar-refractivity contribution in [2.75, 3.05) is 11.5 Å². The van der Waals surface area contributed by atoms with Crippen LogP contribution in [0.3, 0.4) is 0 Å². The molecule has 1 saturated carbocycles. The van der Waals surface area contributed by atoms with Crippen LogP contribution >= 0.6 is 0 Å². The van der Waals surface area contributed by atoms with Crippen LogP contribution in [0.4, 0.5) is 0 Å². The Morgan fingerprint density at radius 1 is 1.25 bits per heavy atom. The Kier molecular flexibility index (Phi) is 4.77. The minimum Gasteiger partial charge on any atom is -0.337 e. The molecule has 0 aromatic heterocycles. The second-order valence-corrected chi connectivity index (χ2v) is 8.86. The Morgan fingerprint density at radius 3 is 2.35 bits per heavy atom. The summed E-state index contributed by atoms with van der Waals surface area (Å²) in [5.74, 6) is 1.16. The van der Waals surface area contributed by atoms with Crippen LogP contribution in [0.25, 0.3) is 0 Å². The Balaban J connectivity index is 1.97. The van der Waals surface area contributed by atoms with E-state index in [1.165, 1.54) is 0 Å². The molecule has 2 aliphatic rings. The lowest BCUT2D eigenvalue weighted by Crippen LogP contribution is -2.44. The number of nitrogens with zero attached hydrogens (tertiary/aromatic N) is 1. The highest BCUT2D eigenvalue weighted by Gasteiger charge is 2.39. The second kappa shape index (κ2) is 6.04. The molecule has 0 aromatic carbocycles. The lowest BCUT2D eigenvalue weighted by Gasteiger charge is -2.34. The molecule has 3 atom stereocenters. The van der Waals surface area contributed by atoms with Gasteiger partial charge in [-0.25, -0.2) is 8.42 Å². The van der Waals surface area contributed by atoms with Gasteiger partial charge >= 0.3 is 0 Å². The third-order valence-electron chi connectivity index (χ3n) is 4.92. The van der Waals surface area contributed by atoms with Gasteiger partial charge in [0.15, 0.2) is 9.84 Å². The minimum atomic E-state index is -2.88. The van der Waals surface area contributed by atoms with Crippen molar-refractivity contribution < 1.29 is 13.2 Å². The van der Waals surface area contributed by atoms with Gasteiger partial charge in [0.25, 0.3) is 0 Å². The van der Waals surface area contributed by atoms with E-state index in [0.29, 0.717) is 24.8 Å². The van der Waals surface area contributed by atoms with Gasteiger partial charge in [-0.1, -0.05) is 20.3 Å². The highest BCUT2D eigenvalue weighted by molar-refractivity contribution is 7.91. The zero-order valence-corrected chi connectivity index (χ0v) is 13.7. The molecule has 1 aliphatic heterocycles. The lowest BCUT2D eigenvalue weighted by atomic mass is 9.97. The number of carbonyl (C=O) groups excluding carboxylic acids is 1. The van der Waals surface area contributed by atoms with Crippen LogP contribution in [0.5, 0.6) is 0 Å². The predicted molar refractivity (Wildman–Crippen MR) is 80.2 cm³/mol. The maximum Gasteiger partial charge on any atom is 0.223 e. The SMILES string of the molecule is CC[C@H](C)[C@@H](C)N(C(=O)C[C@@H]1CCS(=O)(=O)C1)C1CC1. The molecule has 0 spiro atoms. The van der Waals surface area contributed by atoms with Crippen LogP contribution in [-0.4, -0.2) is 42.8 Å². The maximum atomic E-state index is 12.6. The number of sulfone groups is 1. The van der Waals surface area contributed by atoms with E-state index in [1.807, 2.05) is 0 Å². The van der Waals surface area contributed by atoms with E-state index < -0.39 is 9.84 Å². The number of hydrogen-bond donors (Lipinski definition) is 0. The van der Waals surface area contributed by atoms with Crippen molar-refractivity contribution in [2.24, 2.45) is 11.8 Å². The summed E-state index contributed by atoms with van der Waals surface area (Å²) in [5.41, 5.74) is 0. The molecule has 4 nitrogen and oxygen atoms in total. The quantitative estimate of drug-likeness (QED) is 0.756. The first-order valence-electron chi connectivity index (χ1n) is 7.85. The third-order valence-corrected chi connectivity index (χ3v) is 6.76. The third kappa shape index (κ3) is 3.74. The number of rotatable bonds is 6. The highest BCUT2D eigenvalue weighted by atomic mass is 32.2. The molecular weight excluding hydrogens is 274 g/mol. The number of carbonyl (C=O) groups is 1. The maximum absolute atomic E-state index is 12.6. The molecule has 1 heterocycles. The Bertz CT molecular complexity index is 456. The first kappa shape index (κ1) is 15.8. The Morgan fingerprint density at radius 2 is 1.90 bits per heavy atom. The van der Waals surface area contributed by atoms with Gasteiger partial charge in [-0.2, -0.15) is 0 Å². The average molecular weight is 301 g/mol. The summed E-state index contributed by atoms with van der Waals surface area (Å²) in [4.78, 5) is 14.6. The van der Waals surface area contributed by atoms with Gasteiger partial charge < -0.3 is 4.90 Å². The minimum absolute atomic E-state index is 0.0397. The summed E-state index contributed by atoms with van der Waals surface area (Å²) in [6.07, 6.45) is 4.35. The molecule has 0 bridgehead atoms. The summed E-state index contributed by atoms with van der Waals surface area (Å²) >= 11 is 0. The fourth-order valence-corrected chi connectivity index (χ4v) is 4.98. The summed E-state index contributed by atoms with van der Waals surface area (Å²) in [5, 5.41) is 0. The fourth-order valence-electron chi connectivity index (χ4n) is 3.12. The molecule has 1 saturated heterocycles. The number of amides is 1. The summed E-state index contributed by atoms with van der Waals surface area (Å²) in [7, 11) is -2.88. The monoisotopic (exact) mass is 301 g/mol. The van der Waals surface area contributed by atoms with Crippen LogP contribution < -0.4 is 0 Å². The van der Waals surface area contributed by atoms with E-state index in [1.54, 1.807) is 0 Å². The van der Waals surface area contributed by atoms with Crippen molar-refractivity contribution in [3.63, 3.8) is 0 Å². The second-order valence-electron chi connectivity index (χ2n) is 6.63. The standard InChI is InChI=1S/C15H27NO3S/c1-4-11(2)12(3)16(14-5-6-14)15(17)9-13-7-8-20(18,19)10-13/h11-14H,4-10H2,1-3H3/t11-,12+,13-/m0/s1. The molecule has 5 heteroatoms. The Hall–Kier alpha value is -0.580. The highest BCUT2D eigenvalue weighted by Crippen LogP contribution is 2.33. The average Bonchev–Trinajstić information content (AvgIpc) is 3.13. The van der Waals surface area contributed by atoms with Crippen molar-refractivity contribution in [1.82, 2.24) is 4.90 Å². The van der Waals surface area contributed by atoms with Gasteiger partial charge in [0.05, 0.1) is 11.5 Å². The van der Waals surface area contributed by atoms with Gasteiger partial charge in [0.1, 0.15) is 0 Å². The zero-order valence-electron chi connectivity index (χ0n) is 12.8. The number of hydrogen-bond acceptors (Lipinski definition) is 3. The van der Waals surface area contributed by atoms with E-state index in [9.17, 15) is 13.2 Å². The molecular formula is C15H27NO3S. The smallest absolute Gasteiger partial charge is 0.223 e. The largest absolute Gasteiger partial charge is 0.337 e. The van der Waals surface area contributed by atoms with Crippen molar-refractivity contribution in [2.45, 2.75) is 65.0 Å². The van der Waals surface area contributed by atoms with Crippen LogP contribution in [0.2, 0.25) is 0 Å². The van der Waals surface area contributed by atoms with Crippen molar-refractivity contribution in [1.29, 1.82) is 0 Å². The van der Waals surface area contributed by atoms with Gasteiger partial charge in [-0.3, -0.25) is 4.79 Å². The van der Waals surface area contributed by atoms with E-state index in [2.05, 4.69) is 25.7 Å². The van der Waals surface area contributed by atoms with Crippen molar-refractivity contribution >= 4 is 15.7 Å². The summed E-state index contributed by atoms with van der Waals surface area (Å²) < 4.78 is 23.0. The fraction of sp³-hybridized carbons (Fsp3) is 0.933. The Labute approximate surface area is 122 Å². The molecule has 0 aromatic rings. The lowest BCUT2D eigenvalue weighted by molar-refractivity contribution is -0.135. The van der Waals surface area contributed by atoms with E-state index >= 15 is 0 Å². The van der Waals surface area contributed by atoms with E-state index in [0.717, 1.165) is 19.3 Å². The molecule has 1 aliphatic carbocycles. The molecule has 2 rings (SSSR count). The van der Waals surface area contributed by atoms with Gasteiger partial charge in [-0.15, -0.1) is 0 Å². The predicted octanol–water partition coefficient (Wildman–Crippen LogP) is 2.24. The van der Waals surface area contributed by atoms with Gasteiger partial charge in [0, 0.05) is 18.5 Å². The molecule has 0 radical (unpaired) electrons. The molecule has 0 N–H and O–H groups in total. The first-order valence-corrected chi connectivity index (χ1v) is 9.67. The molecule has 0 unspecified atom stereocenters. The van der Waals surface area contributed by atoms with Gasteiger partial charge in [0.2, 0.25) is 5.91 Å². The molecule has 2 fully saturated rings. The summed E-state index contributed by atoms with van der Waals surface area (Å²) in [6.45, 7) is 6.48. The summed E-state index contributed by atoms with van der Waals surface area (Å²) in [6, 6.07) is 0.669. The molecule has 116 valence electrons. The van der Waals surface area contributed by atoms with E-state index in [4.69, 9.17) is 0 Å². The normalized spacial score (nSPS) is 28.1. The van der Waals surface area contributed by atoms with Crippen LogP contribution in [0.15, 0.2) is 0 Å². The van der Waals surface area contributed by atoms with Crippen molar-refractivity contribution in [3.05, 3.63) is 0 Å². The van der Waals surface area contributed by atoms with Crippen LogP contribution in [0, 0.1) is 11.8 Å². The van der Waals surface area contributed by atoms with E-state index in [-0.39, 0.29) is 29.4 Å². The zero-order chi connectivity index (χ0) is 14.9. The molecule has 1 amide bonds. The van der Waals surface area contributed by atoms with Crippen molar-refractivity contribution in [3.8, 4) is 0 Å². The topological polar surface area (TPSA) is 54.5 Å². The van der Waals surface area contributed by atoms with Crippen LogP contribution in [0.1, 0.15) is 52.9 Å².